The predicted molar refractivity (Wildman–Crippen MR) is 123 cm³/mol. The molecule has 0 spiro atoms. The fourth-order valence-electron chi connectivity index (χ4n) is 3.96. The van der Waals surface area contributed by atoms with Crippen LogP contribution in [0.15, 0.2) is 63.5 Å². The second-order valence-electron chi connectivity index (χ2n) is 8.88. The fraction of sp³-hybridized carbons (Fsp3) is 0.458. The molecule has 2 fully saturated rings. The molecule has 33 heavy (non-hydrogen) atoms. The van der Waals surface area contributed by atoms with Gasteiger partial charge in [-0.05, 0) is 48.2 Å². The number of carbonyl (C=O) groups is 1. The van der Waals surface area contributed by atoms with Gasteiger partial charge in [0.15, 0.2) is 10.2 Å². The smallest absolute Gasteiger partial charge is 0.237 e. The van der Waals surface area contributed by atoms with Crippen LogP contribution in [0.2, 0.25) is 0 Å². The van der Waals surface area contributed by atoms with Crippen LogP contribution in [0.25, 0.3) is 0 Å². The van der Waals surface area contributed by atoms with Gasteiger partial charge in [0, 0.05) is 33.3 Å². The van der Waals surface area contributed by atoms with Gasteiger partial charge in [0.25, 0.3) is 0 Å². The van der Waals surface area contributed by atoms with Crippen LogP contribution in [0.5, 0.6) is 0 Å². The lowest BCUT2D eigenvalue weighted by Gasteiger charge is -2.25. The summed E-state index contributed by atoms with van der Waals surface area (Å²) in [6, 6.07) is 14.1. The van der Waals surface area contributed by atoms with E-state index in [2.05, 4.69) is 27.2 Å². The molecule has 8 nitrogen and oxygen atoms in total. The Kier molecular flexibility index (Phi) is 6.80. The third-order valence-corrected chi connectivity index (χ3v) is 6.93. The van der Waals surface area contributed by atoms with Crippen LogP contribution in [0.3, 0.4) is 0 Å². The number of hydrogen-bond acceptors (Lipinski definition) is 7. The molecular formula is C24H29N5O3S. The zero-order chi connectivity index (χ0) is 22.6. The number of nitrogens with zero attached hydrogens (tertiary/aromatic N) is 5. The van der Waals surface area contributed by atoms with Crippen LogP contribution >= 0.6 is 11.8 Å². The Morgan fingerprint density at radius 3 is 2.73 bits per heavy atom. The van der Waals surface area contributed by atoms with Gasteiger partial charge >= 0.3 is 0 Å². The number of aromatic nitrogens is 3. The summed E-state index contributed by atoms with van der Waals surface area (Å²) in [6.45, 7) is 3.62. The van der Waals surface area contributed by atoms with E-state index in [1.807, 2.05) is 46.8 Å². The molecule has 1 saturated carbocycles. The lowest BCUT2D eigenvalue weighted by molar-refractivity contribution is -0.132. The minimum absolute atomic E-state index is 0.0109. The van der Waals surface area contributed by atoms with Crippen molar-refractivity contribution in [1.29, 1.82) is 0 Å². The van der Waals surface area contributed by atoms with Crippen molar-refractivity contribution in [1.82, 2.24) is 24.6 Å². The number of amides is 1. The van der Waals surface area contributed by atoms with Crippen molar-refractivity contribution >= 4 is 17.7 Å². The summed E-state index contributed by atoms with van der Waals surface area (Å²) in [4.78, 5) is 17.2. The number of ether oxygens (including phenoxy) is 1. The highest BCUT2D eigenvalue weighted by Gasteiger charge is 2.31. The van der Waals surface area contributed by atoms with Crippen molar-refractivity contribution in [3.63, 3.8) is 0 Å². The van der Waals surface area contributed by atoms with Gasteiger partial charge in [-0.15, -0.1) is 10.2 Å². The summed E-state index contributed by atoms with van der Waals surface area (Å²) in [7, 11) is 1.90. The average Bonchev–Trinajstić information content (AvgIpc) is 3.44. The minimum atomic E-state index is -0.0109. The molecule has 3 aromatic rings. The number of benzene rings is 1. The Hall–Kier alpha value is -2.62. The molecule has 1 aromatic carbocycles. The summed E-state index contributed by atoms with van der Waals surface area (Å²) in [5.74, 6) is 1.63. The first-order valence-electron chi connectivity index (χ1n) is 11.4. The van der Waals surface area contributed by atoms with E-state index in [4.69, 9.17) is 9.15 Å². The standard InChI is InChI=1S/C24H29N5O3S/c1-27-17-25-26-24(27)33-23-10-9-20(32-23)12-28-13-21(31-16-19-7-8-19)14-29(22(30)15-28)11-18-5-3-2-4-6-18/h2-6,9-10,17,19,21H,7-8,11-16H2,1H3. The molecule has 3 heterocycles. The molecule has 1 unspecified atom stereocenters. The number of hydrogen-bond donors (Lipinski definition) is 0. The van der Waals surface area contributed by atoms with E-state index in [1.54, 1.807) is 6.33 Å². The van der Waals surface area contributed by atoms with Gasteiger partial charge in [-0.3, -0.25) is 9.69 Å². The molecule has 1 aliphatic carbocycles. The summed E-state index contributed by atoms with van der Waals surface area (Å²) >= 11 is 1.43. The lowest BCUT2D eigenvalue weighted by Crippen LogP contribution is -2.37. The second kappa shape index (κ2) is 10.1. The van der Waals surface area contributed by atoms with E-state index < -0.39 is 0 Å². The number of aryl methyl sites for hydroxylation is 1. The highest BCUT2D eigenvalue weighted by atomic mass is 32.2. The Morgan fingerprint density at radius 2 is 1.97 bits per heavy atom. The molecule has 0 bridgehead atoms. The number of carbonyl (C=O) groups excluding carboxylic acids is 1. The second-order valence-corrected chi connectivity index (χ2v) is 9.85. The van der Waals surface area contributed by atoms with Gasteiger partial charge in [-0.1, -0.05) is 30.3 Å². The fourth-order valence-corrected chi connectivity index (χ4v) is 4.71. The van der Waals surface area contributed by atoms with Gasteiger partial charge in [0.05, 0.1) is 19.2 Å². The molecule has 1 saturated heterocycles. The van der Waals surface area contributed by atoms with Gasteiger partial charge in [0.2, 0.25) is 5.91 Å². The van der Waals surface area contributed by atoms with Crippen LogP contribution in [-0.4, -0.2) is 62.8 Å². The van der Waals surface area contributed by atoms with Gasteiger partial charge < -0.3 is 18.6 Å². The molecular weight excluding hydrogens is 438 g/mol. The van der Waals surface area contributed by atoms with Crippen LogP contribution in [0, 0.1) is 5.92 Å². The summed E-state index contributed by atoms with van der Waals surface area (Å²) < 4.78 is 14.2. The van der Waals surface area contributed by atoms with Crippen LogP contribution in [0.4, 0.5) is 0 Å². The maximum Gasteiger partial charge on any atom is 0.237 e. The molecule has 174 valence electrons. The van der Waals surface area contributed by atoms with Crippen molar-refractivity contribution in [2.24, 2.45) is 13.0 Å². The molecule has 5 rings (SSSR count). The summed E-state index contributed by atoms with van der Waals surface area (Å²) in [6.07, 6.45) is 4.16. The maximum atomic E-state index is 13.1. The third-order valence-electron chi connectivity index (χ3n) is 5.96. The average molecular weight is 468 g/mol. The molecule has 1 aliphatic heterocycles. The normalized spacial score (nSPS) is 19.7. The molecule has 1 atom stereocenters. The first-order valence-corrected chi connectivity index (χ1v) is 12.2. The third kappa shape index (κ3) is 6.04. The van der Waals surface area contributed by atoms with Crippen molar-refractivity contribution in [2.75, 3.05) is 26.2 Å². The van der Waals surface area contributed by atoms with Gasteiger partial charge in [-0.2, -0.15) is 0 Å². The molecule has 2 aromatic heterocycles. The van der Waals surface area contributed by atoms with Crippen molar-refractivity contribution in [3.8, 4) is 0 Å². The van der Waals surface area contributed by atoms with Crippen molar-refractivity contribution in [2.45, 2.75) is 42.3 Å². The van der Waals surface area contributed by atoms with Gasteiger partial charge in [-0.25, -0.2) is 0 Å². The quantitative estimate of drug-likeness (QED) is 0.478. The van der Waals surface area contributed by atoms with Crippen molar-refractivity contribution < 1.29 is 13.9 Å². The van der Waals surface area contributed by atoms with E-state index in [0.717, 1.165) is 28.2 Å². The van der Waals surface area contributed by atoms with Crippen LogP contribution in [-0.2, 0) is 29.7 Å². The Morgan fingerprint density at radius 1 is 1.12 bits per heavy atom. The van der Waals surface area contributed by atoms with E-state index >= 15 is 0 Å². The first kappa shape index (κ1) is 22.2. The molecule has 0 N–H and O–H groups in total. The monoisotopic (exact) mass is 467 g/mol. The van der Waals surface area contributed by atoms with E-state index in [9.17, 15) is 4.79 Å². The zero-order valence-electron chi connectivity index (χ0n) is 18.8. The van der Waals surface area contributed by atoms with E-state index in [1.165, 1.54) is 24.6 Å². The van der Waals surface area contributed by atoms with Crippen LogP contribution < -0.4 is 0 Å². The lowest BCUT2D eigenvalue weighted by atomic mass is 10.2. The first-order chi connectivity index (χ1) is 16.1. The number of rotatable bonds is 9. The minimum Gasteiger partial charge on any atom is -0.453 e. The molecule has 0 radical (unpaired) electrons. The van der Waals surface area contributed by atoms with E-state index in [-0.39, 0.29) is 12.0 Å². The summed E-state index contributed by atoms with van der Waals surface area (Å²) in [5, 5.41) is 9.52. The molecule has 1 amide bonds. The topological polar surface area (TPSA) is 76.6 Å². The highest BCUT2D eigenvalue weighted by molar-refractivity contribution is 7.99. The summed E-state index contributed by atoms with van der Waals surface area (Å²) in [5.41, 5.74) is 1.14. The largest absolute Gasteiger partial charge is 0.453 e. The zero-order valence-corrected chi connectivity index (χ0v) is 19.6. The molecule has 2 aliphatic rings. The highest BCUT2D eigenvalue weighted by Crippen LogP contribution is 2.30. The Balaban J connectivity index is 1.25. The predicted octanol–water partition coefficient (Wildman–Crippen LogP) is 3.20. The maximum absolute atomic E-state index is 13.1. The SMILES string of the molecule is Cn1cnnc1Sc1ccc(CN2CC(=O)N(Cc3ccccc3)CC(OCC3CC3)C2)o1. The van der Waals surface area contributed by atoms with Crippen molar-refractivity contribution in [3.05, 3.63) is 60.1 Å². The van der Waals surface area contributed by atoms with Gasteiger partial charge in [0.1, 0.15) is 12.1 Å². The molecule has 9 heteroatoms. The van der Waals surface area contributed by atoms with Crippen LogP contribution in [0.1, 0.15) is 24.2 Å². The number of furan rings is 1. The van der Waals surface area contributed by atoms with E-state index in [0.29, 0.717) is 38.6 Å². The Labute approximate surface area is 197 Å². The Bertz CT molecular complexity index is 1070.